The maximum Gasteiger partial charge on any atom is 0.284 e. The fourth-order valence-electron chi connectivity index (χ4n) is 10.2. The van der Waals surface area contributed by atoms with Gasteiger partial charge in [-0.05, 0) is 105 Å². The molecule has 0 spiro atoms. The molecular weight excluding hydrogens is 807 g/mol. The molecule has 0 saturated heterocycles. The summed E-state index contributed by atoms with van der Waals surface area (Å²) in [5.41, 5.74) is 15.9. The molecule has 0 fully saturated rings. The third kappa shape index (κ3) is 6.21. The fraction of sp³-hybridized carbons (Fsp3) is 0.107. The van der Waals surface area contributed by atoms with Gasteiger partial charge in [-0.15, -0.1) is 0 Å². The molecule has 0 atom stereocenters. The van der Waals surface area contributed by atoms with E-state index in [2.05, 4.69) is 149 Å². The van der Waals surface area contributed by atoms with Crippen LogP contribution in [0.2, 0.25) is 0 Å². The van der Waals surface area contributed by atoms with Crippen LogP contribution in [0.15, 0.2) is 185 Å². The molecule has 0 N–H and O–H groups in total. The third-order valence-corrected chi connectivity index (χ3v) is 13.0. The van der Waals surface area contributed by atoms with E-state index in [4.69, 9.17) is 27.8 Å². The van der Waals surface area contributed by atoms with Gasteiger partial charge in [-0.3, -0.25) is 0 Å². The molecule has 0 saturated carbocycles. The van der Waals surface area contributed by atoms with Crippen molar-refractivity contribution in [2.75, 3.05) is 26.4 Å². The Labute approximate surface area is 374 Å². The van der Waals surface area contributed by atoms with Crippen molar-refractivity contribution < 1.29 is 27.8 Å². The van der Waals surface area contributed by atoms with Gasteiger partial charge in [-0.1, -0.05) is 84.9 Å². The quantitative estimate of drug-likeness (QED) is 0.0802. The normalized spacial score (nSPS) is 12.3. The van der Waals surface area contributed by atoms with Crippen LogP contribution in [0.4, 0.5) is 0 Å². The number of ether oxygens (including phenoxy) is 4. The SMILES string of the molecule is c1coc(OCCCOc2ccc(-c3cc4c5c(c3)-n3c6ccccc6c6cc(-c7ccc(OCCCOc8ccco8)cc7)cc(c63)B5c3cccc5c6ccccc6n-4c35)cc2)c1. The Balaban J connectivity index is 0.918. The Morgan fingerprint density at radius 2 is 0.908 bits per heavy atom. The van der Waals surface area contributed by atoms with E-state index in [1.165, 1.54) is 76.9 Å². The lowest BCUT2D eigenvalue weighted by molar-refractivity contribution is 0.210. The van der Waals surface area contributed by atoms with Crippen LogP contribution in [-0.4, -0.2) is 42.3 Å². The summed E-state index contributed by atoms with van der Waals surface area (Å²) in [6.07, 6.45) is 4.72. The topological polar surface area (TPSA) is 73.1 Å². The molecule has 0 radical (unpaired) electrons. The van der Waals surface area contributed by atoms with Crippen LogP contribution in [0.5, 0.6) is 23.4 Å². The number of fused-ring (bicyclic) bond motifs is 10. The molecular formula is C56H41BN2O6. The molecule has 7 aromatic carbocycles. The lowest BCUT2D eigenvalue weighted by Crippen LogP contribution is -2.59. The summed E-state index contributed by atoms with van der Waals surface area (Å²) in [4.78, 5) is 0. The Kier molecular flexibility index (Phi) is 8.86. The second-order valence-corrected chi connectivity index (χ2v) is 16.8. The Hall–Kier alpha value is -8.04. The van der Waals surface area contributed by atoms with Gasteiger partial charge in [0, 0.05) is 68.9 Å². The first-order valence-corrected chi connectivity index (χ1v) is 22.3. The molecule has 314 valence electrons. The average molecular weight is 849 g/mol. The van der Waals surface area contributed by atoms with E-state index < -0.39 is 0 Å². The number of rotatable bonds is 14. The average Bonchev–Trinajstić information content (AvgIpc) is 4.19. The van der Waals surface area contributed by atoms with Gasteiger partial charge in [0.15, 0.2) is 0 Å². The predicted octanol–water partition coefficient (Wildman–Crippen LogP) is 11.2. The van der Waals surface area contributed by atoms with E-state index in [9.17, 15) is 0 Å². The van der Waals surface area contributed by atoms with Crippen molar-refractivity contribution in [1.29, 1.82) is 0 Å². The lowest BCUT2D eigenvalue weighted by atomic mass is 9.34. The first-order valence-electron chi connectivity index (χ1n) is 22.3. The van der Waals surface area contributed by atoms with Gasteiger partial charge < -0.3 is 36.9 Å². The molecule has 0 amide bonds. The van der Waals surface area contributed by atoms with Gasteiger partial charge in [-0.2, -0.15) is 0 Å². The monoisotopic (exact) mass is 848 g/mol. The second kappa shape index (κ2) is 15.3. The van der Waals surface area contributed by atoms with E-state index in [1.54, 1.807) is 12.5 Å². The summed E-state index contributed by atoms with van der Waals surface area (Å²) in [6.45, 7) is 2.15. The van der Waals surface area contributed by atoms with Crippen molar-refractivity contribution in [3.05, 3.63) is 176 Å². The number of para-hydroxylation sites is 3. The van der Waals surface area contributed by atoms with Gasteiger partial charge in [0.2, 0.25) is 0 Å². The highest BCUT2D eigenvalue weighted by Crippen LogP contribution is 2.42. The van der Waals surface area contributed by atoms with E-state index in [0.29, 0.717) is 38.3 Å². The maximum absolute atomic E-state index is 6.16. The molecule has 4 aromatic heterocycles. The molecule has 2 aliphatic rings. The van der Waals surface area contributed by atoms with Crippen LogP contribution in [0.25, 0.3) is 77.2 Å². The van der Waals surface area contributed by atoms with E-state index in [0.717, 1.165) is 41.0 Å². The minimum atomic E-state index is 0.00682. The number of benzene rings is 7. The number of hydrogen-bond donors (Lipinski definition) is 0. The molecule has 9 heteroatoms. The minimum Gasteiger partial charge on any atom is -0.493 e. The van der Waals surface area contributed by atoms with Crippen LogP contribution >= 0.6 is 0 Å². The second-order valence-electron chi connectivity index (χ2n) is 16.8. The summed E-state index contributed by atoms with van der Waals surface area (Å²) < 4.78 is 39.2. The van der Waals surface area contributed by atoms with Crippen LogP contribution < -0.4 is 35.3 Å². The van der Waals surface area contributed by atoms with Crippen LogP contribution in [-0.2, 0) is 0 Å². The lowest BCUT2D eigenvalue weighted by Gasteiger charge is -2.34. The van der Waals surface area contributed by atoms with E-state index in [-0.39, 0.29) is 6.71 Å². The first-order chi connectivity index (χ1) is 32.2. The Morgan fingerprint density at radius 3 is 1.48 bits per heavy atom. The van der Waals surface area contributed by atoms with Crippen molar-refractivity contribution in [2.24, 2.45) is 0 Å². The summed E-state index contributed by atoms with van der Waals surface area (Å²) in [6, 6.07) is 58.6. The fourth-order valence-corrected chi connectivity index (χ4v) is 10.2. The largest absolute Gasteiger partial charge is 0.493 e. The highest BCUT2D eigenvalue weighted by Gasteiger charge is 2.41. The highest BCUT2D eigenvalue weighted by atomic mass is 16.6. The van der Waals surface area contributed by atoms with Crippen LogP contribution in [0, 0.1) is 0 Å². The molecule has 0 aliphatic carbocycles. The van der Waals surface area contributed by atoms with Crippen LogP contribution in [0.3, 0.4) is 0 Å². The number of nitrogens with zero attached hydrogens (tertiary/aromatic N) is 2. The Bertz CT molecular complexity index is 3550. The van der Waals surface area contributed by atoms with Crippen molar-refractivity contribution in [2.45, 2.75) is 12.8 Å². The molecule has 11 aromatic rings. The Morgan fingerprint density at radius 1 is 0.400 bits per heavy atom. The van der Waals surface area contributed by atoms with Gasteiger partial charge in [-0.25, -0.2) is 0 Å². The van der Waals surface area contributed by atoms with E-state index >= 15 is 0 Å². The number of aromatic nitrogens is 2. The molecule has 6 heterocycles. The molecule has 0 bridgehead atoms. The van der Waals surface area contributed by atoms with E-state index in [1.807, 2.05) is 24.3 Å². The zero-order valence-electron chi connectivity index (χ0n) is 35.4. The summed E-state index contributed by atoms with van der Waals surface area (Å²) >= 11 is 0. The van der Waals surface area contributed by atoms with Gasteiger partial charge in [0.05, 0.1) is 50.0 Å². The molecule has 13 rings (SSSR count). The van der Waals surface area contributed by atoms with Crippen molar-refractivity contribution in [1.82, 2.24) is 9.13 Å². The summed E-state index contributed by atoms with van der Waals surface area (Å²) in [5.74, 6) is 2.72. The summed E-state index contributed by atoms with van der Waals surface area (Å²) in [7, 11) is 0. The minimum absolute atomic E-state index is 0.00682. The van der Waals surface area contributed by atoms with Crippen molar-refractivity contribution in [3.8, 4) is 57.0 Å². The molecule has 2 aliphatic heterocycles. The molecule has 0 unspecified atom stereocenters. The molecule has 8 nitrogen and oxygen atoms in total. The standard InChI is InChI=1S/C56H41BN2O6/c1-3-14-48-42(10-1)44-12-5-13-46-55(44)58(48)50-34-39(37-20-24-41(25-21-37)61-29-9-31-65-53-17-7-27-63-53)35-51-54(50)57(46)47-33-38(32-45-43-11-2-4-15-49(43)59(51)56(45)47)36-18-22-40(23-19-36)60-28-8-30-64-52-16-6-26-62-52/h1-7,10-27,32-35H,8-9,28-31H2. The van der Waals surface area contributed by atoms with Gasteiger partial charge in [0.1, 0.15) is 11.5 Å². The first kappa shape index (κ1) is 37.5. The maximum atomic E-state index is 6.16. The number of furan rings is 2. The van der Waals surface area contributed by atoms with Gasteiger partial charge in [0.25, 0.3) is 18.6 Å². The van der Waals surface area contributed by atoms with Gasteiger partial charge >= 0.3 is 0 Å². The zero-order chi connectivity index (χ0) is 42.8. The highest BCUT2D eigenvalue weighted by molar-refractivity contribution is 7.00. The summed E-state index contributed by atoms with van der Waals surface area (Å²) in [5, 5.41) is 5.01. The zero-order valence-corrected chi connectivity index (χ0v) is 35.4. The van der Waals surface area contributed by atoms with Crippen LogP contribution in [0.1, 0.15) is 12.8 Å². The van der Waals surface area contributed by atoms with Crippen molar-refractivity contribution in [3.63, 3.8) is 0 Å². The number of hydrogen-bond acceptors (Lipinski definition) is 6. The predicted molar refractivity (Wildman–Crippen MR) is 259 cm³/mol. The molecule has 65 heavy (non-hydrogen) atoms. The van der Waals surface area contributed by atoms with Crippen molar-refractivity contribution >= 4 is 66.7 Å². The smallest absolute Gasteiger partial charge is 0.284 e. The third-order valence-electron chi connectivity index (χ3n) is 13.0.